The van der Waals surface area contributed by atoms with Crippen molar-refractivity contribution >= 4 is 31.9 Å². The quantitative estimate of drug-likeness (QED) is 0.0659. The summed E-state index contributed by atoms with van der Waals surface area (Å²) in [5.41, 5.74) is 6.76. The first-order valence-electron chi connectivity index (χ1n) is 16.8. The minimum Gasteiger partial charge on any atom is -0.203 e. The van der Waals surface area contributed by atoms with Gasteiger partial charge in [-0.2, -0.15) is 0 Å². The van der Waals surface area contributed by atoms with Gasteiger partial charge in [-0.15, -0.1) is 0 Å². The maximum absolute atomic E-state index is 3.40. The van der Waals surface area contributed by atoms with Gasteiger partial charge in [0.25, 0.3) is 0 Å². The molecule has 4 heteroatoms. The van der Waals surface area contributed by atoms with E-state index in [0.29, 0.717) is 0 Å². The molecule has 0 spiro atoms. The third-order valence-electron chi connectivity index (χ3n) is 7.26. The molecule has 48 heavy (non-hydrogen) atoms. The molecule has 0 saturated heterocycles. The van der Waals surface area contributed by atoms with Crippen molar-refractivity contribution in [1.29, 1.82) is 0 Å². The third kappa shape index (κ3) is 16.2. The van der Waals surface area contributed by atoms with Crippen molar-refractivity contribution in [2.24, 2.45) is 0 Å². The van der Waals surface area contributed by atoms with E-state index in [1.165, 1.54) is 11.4 Å². The van der Waals surface area contributed by atoms with Crippen LogP contribution >= 0.6 is 31.9 Å². The molecule has 2 heterocycles. The largest absolute Gasteiger partial charge is 0.203 e. The lowest BCUT2D eigenvalue weighted by Crippen LogP contribution is -2.36. The Hall–Kier alpha value is -4.06. The SMILES string of the molecule is BrCCCC#Cc1cccc(C#CCCCBr)c1.Cc1cccc[n+]1CCCC#Cc1cccc(C#CCCC[n+]2ccccc2C)c1. The highest BCUT2D eigenvalue weighted by Gasteiger charge is 2.03. The number of hydrogen-bond donors (Lipinski definition) is 0. The van der Waals surface area contributed by atoms with Crippen molar-refractivity contribution in [3.05, 3.63) is 131 Å². The van der Waals surface area contributed by atoms with Gasteiger partial charge in [-0.05, 0) is 49.2 Å². The molecule has 0 unspecified atom stereocenters. The zero-order chi connectivity index (χ0) is 34.1. The average Bonchev–Trinajstić information content (AvgIpc) is 3.10. The number of hydrogen-bond acceptors (Lipinski definition) is 0. The Kier molecular flexibility index (Phi) is 19.3. The molecular weight excluding hydrogens is 716 g/mol. The van der Waals surface area contributed by atoms with E-state index in [-0.39, 0.29) is 0 Å². The molecule has 0 atom stereocenters. The monoisotopic (exact) mass is 760 g/mol. The molecule has 0 saturated carbocycles. The van der Waals surface area contributed by atoms with Gasteiger partial charge < -0.3 is 0 Å². The molecule has 0 radical (unpaired) electrons. The van der Waals surface area contributed by atoms with Gasteiger partial charge in [0.1, 0.15) is 13.1 Å². The van der Waals surface area contributed by atoms with Gasteiger partial charge in [-0.25, -0.2) is 9.13 Å². The minimum absolute atomic E-state index is 0.897. The van der Waals surface area contributed by atoms with Crippen LogP contribution in [-0.4, -0.2) is 10.7 Å². The van der Waals surface area contributed by atoms with Crippen molar-refractivity contribution in [2.75, 3.05) is 10.7 Å². The number of aryl methyl sites for hydroxylation is 4. The first kappa shape index (κ1) is 38.4. The number of unbranched alkanes of at least 4 members (excludes halogenated alkanes) is 4. The van der Waals surface area contributed by atoms with Crippen molar-refractivity contribution < 1.29 is 9.13 Å². The van der Waals surface area contributed by atoms with Crippen LogP contribution in [-0.2, 0) is 13.1 Å². The summed E-state index contributed by atoms with van der Waals surface area (Å²) < 4.78 is 4.55. The van der Waals surface area contributed by atoms with Gasteiger partial charge >= 0.3 is 0 Å². The predicted octanol–water partition coefficient (Wildman–Crippen LogP) is 9.28. The Bertz CT molecular complexity index is 1690. The highest BCUT2D eigenvalue weighted by Crippen LogP contribution is 2.05. The maximum atomic E-state index is 3.40. The molecule has 2 aromatic carbocycles. The van der Waals surface area contributed by atoms with Crippen LogP contribution in [0.2, 0.25) is 0 Å². The highest BCUT2D eigenvalue weighted by molar-refractivity contribution is 9.09. The van der Waals surface area contributed by atoms with E-state index in [1.54, 1.807) is 0 Å². The predicted molar refractivity (Wildman–Crippen MR) is 208 cm³/mol. The van der Waals surface area contributed by atoms with Crippen LogP contribution in [0.4, 0.5) is 0 Å². The fraction of sp³-hybridized carbons (Fsp3) is 0.318. The van der Waals surface area contributed by atoms with Crippen LogP contribution in [0.1, 0.15) is 85.0 Å². The standard InChI is InChI=1S/C28H30N2.C16H16Br2/c1-25-14-7-11-22-29(25)20-9-3-5-16-27-18-13-19-28(24-27)17-6-4-10-21-30-23-12-8-15-26(30)2;17-12-5-1-3-8-15-10-7-11-16(14-15)9-4-2-6-13-18/h7-8,11-15,18-19,22-24H,3-4,9-10,20-21H2,1-2H3;7,10-11,14H,1-2,5-6,12-13H2/q+2;. The molecule has 2 nitrogen and oxygen atoms in total. The minimum atomic E-state index is 0.897. The molecule has 0 amide bonds. The summed E-state index contributed by atoms with van der Waals surface area (Å²) in [6, 6.07) is 29.0. The van der Waals surface area contributed by atoms with Gasteiger partial charge in [0.2, 0.25) is 0 Å². The van der Waals surface area contributed by atoms with Gasteiger partial charge in [0.05, 0.1) is 0 Å². The zero-order valence-corrected chi connectivity index (χ0v) is 31.5. The molecule has 0 aliphatic carbocycles. The molecule has 4 aromatic rings. The van der Waals surface area contributed by atoms with Crippen LogP contribution in [0.15, 0.2) is 97.3 Å². The second-order valence-corrected chi connectivity index (χ2v) is 12.8. The summed E-state index contributed by atoms with van der Waals surface area (Å²) in [4.78, 5) is 0. The van der Waals surface area contributed by atoms with Crippen LogP contribution in [0.25, 0.3) is 0 Å². The fourth-order valence-corrected chi connectivity index (χ4v) is 5.18. The number of rotatable bonds is 10. The summed E-state index contributed by atoms with van der Waals surface area (Å²) in [5, 5.41) is 2.03. The fourth-order valence-electron chi connectivity index (χ4n) is 4.62. The Balaban J connectivity index is 0.000000297. The molecule has 0 aliphatic heterocycles. The molecule has 0 N–H and O–H groups in total. The number of benzene rings is 2. The number of alkyl halides is 2. The smallest absolute Gasteiger partial charge is 0.178 e. The highest BCUT2D eigenvalue weighted by atomic mass is 79.9. The van der Waals surface area contributed by atoms with Crippen molar-refractivity contribution in [3.63, 3.8) is 0 Å². The first-order chi connectivity index (χ1) is 23.6. The van der Waals surface area contributed by atoms with Gasteiger partial charge in [-0.1, -0.05) is 103 Å². The van der Waals surface area contributed by atoms with Gasteiger partial charge in [0, 0.05) is 110 Å². The van der Waals surface area contributed by atoms with E-state index in [0.717, 1.165) is 97.4 Å². The van der Waals surface area contributed by atoms with E-state index in [9.17, 15) is 0 Å². The molecule has 0 aliphatic rings. The van der Waals surface area contributed by atoms with Gasteiger partial charge in [0.15, 0.2) is 23.8 Å². The second-order valence-electron chi connectivity index (χ2n) is 11.2. The molecule has 2 aromatic heterocycles. The second kappa shape index (κ2) is 24.1. The summed E-state index contributed by atoms with van der Waals surface area (Å²) in [6.45, 7) is 6.29. The van der Waals surface area contributed by atoms with Gasteiger partial charge in [-0.3, -0.25) is 0 Å². The van der Waals surface area contributed by atoms with E-state index in [2.05, 4.69) is 175 Å². The maximum Gasteiger partial charge on any atom is 0.178 e. The van der Waals surface area contributed by atoms with Crippen LogP contribution in [0.5, 0.6) is 0 Å². The lowest BCUT2D eigenvalue weighted by atomic mass is 10.1. The Morgan fingerprint density at radius 1 is 0.458 bits per heavy atom. The molecular formula is C44H46Br2N2+2. The topological polar surface area (TPSA) is 7.76 Å². The van der Waals surface area contributed by atoms with E-state index < -0.39 is 0 Å². The summed E-state index contributed by atoms with van der Waals surface area (Å²) in [5.74, 6) is 25.9. The first-order valence-corrected chi connectivity index (χ1v) is 19.0. The zero-order valence-electron chi connectivity index (χ0n) is 28.4. The lowest BCUT2D eigenvalue weighted by molar-refractivity contribution is -0.703. The Labute approximate surface area is 306 Å². The number of halogens is 2. The summed E-state index contributed by atoms with van der Waals surface area (Å²) in [7, 11) is 0. The summed E-state index contributed by atoms with van der Waals surface area (Å²) >= 11 is 6.80. The van der Waals surface area contributed by atoms with Crippen molar-refractivity contribution in [3.8, 4) is 47.4 Å². The van der Waals surface area contributed by atoms with E-state index in [1.807, 2.05) is 24.3 Å². The lowest BCUT2D eigenvalue weighted by Gasteiger charge is -1.97. The van der Waals surface area contributed by atoms with E-state index in [4.69, 9.17) is 0 Å². The van der Waals surface area contributed by atoms with Crippen molar-refractivity contribution in [2.45, 2.75) is 78.3 Å². The third-order valence-corrected chi connectivity index (χ3v) is 8.39. The normalized spacial score (nSPS) is 9.58. The Morgan fingerprint density at radius 3 is 1.15 bits per heavy atom. The Morgan fingerprint density at radius 2 is 0.812 bits per heavy atom. The van der Waals surface area contributed by atoms with Crippen LogP contribution in [0, 0.1) is 61.2 Å². The number of aromatic nitrogens is 2. The van der Waals surface area contributed by atoms with Crippen molar-refractivity contribution in [1.82, 2.24) is 0 Å². The number of nitrogens with zero attached hydrogens (tertiary/aromatic N) is 2. The summed E-state index contributed by atoms with van der Waals surface area (Å²) in [6.07, 6.45) is 12.2. The molecule has 0 fully saturated rings. The molecule has 244 valence electrons. The van der Waals surface area contributed by atoms with Crippen LogP contribution in [0.3, 0.4) is 0 Å². The molecule has 0 bridgehead atoms. The van der Waals surface area contributed by atoms with Crippen LogP contribution < -0.4 is 9.13 Å². The number of pyridine rings is 2. The molecule has 4 rings (SSSR count). The van der Waals surface area contributed by atoms with E-state index >= 15 is 0 Å². The average molecular weight is 763 g/mol.